The summed E-state index contributed by atoms with van der Waals surface area (Å²) in [6, 6.07) is 18.6. The van der Waals surface area contributed by atoms with Gasteiger partial charge >= 0.3 is 12.0 Å². The van der Waals surface area contributed by atoms with E-state index in [-0.39, 0.29) is 12.6 Å². The molecule has 1 unspecified atom stereocenters. The Bertz CT molecular complexity index is 850. The largest absolute Gasteiger partial charge is 0.463 e. The second-order valence-electron chi connectivity index (χ2n) is 6.71. The van der Waals surface area contributed by atoms with Gasteiger partial charge in [-0.05, 0) is 25.1 Å². The lowest BCUT2D eigenvalue weighted by Crippen LogP contribution is -2.48. The highest BCUT2D eigenvalue weighted by Gasteiger charge is 2.33. The first-order valence-electron chi connectivity index (χ1n) is 9.33. The summed E-state index contributed by atoms with van der Waals surface area (Å²) >= 11 is 0. The van der Waals surface area contributed by atoms with Gasteiger partial charge in [0.15, 0.2) is 0 Å². The van der Waals surface area contributed by atoms with Crippen molar-refractivity contribution >= 4 is 12.0 Å². The summed E-state index contributed by atoms with van der Waals surface area (Å²) in [4.78, 5) is 27.1. The number of urea groups is 1. The van der Waals surface area contributed by atoms with Gasteiger partial charge in [0.25, 0.3) is 0 Å². The molecule has 1 atom stereocenters. The summed E-state index contributed by atoms with van der Waals surface area (Å²) in [5, 5.41) is 5.66. The summed E-state index contributed by atoms with van der Waals surface area (Å²) in [5.41, 5.74) is 2.99. The highest BCUT2D eigenvalue weighted by Crippen LogP contribution is 2.28. The van der Waals surface area contributed by atoms with Crippen molar-refractivity contribution in [3.63, 3.8) is 0 Å². The zero-order valence-electron chi connectivity index (χ0n) is 16.1. The summed E-state index contributed by atoms with van der Waals surface area (Å²) < 4.78 is 5.29. The van der Waals surface area contributed by atoms with Crippen LogP contribution in [0, 0.1) is 0 Å². The maximum atomic E-state index is 12.7. The molecular formula is C22H25N3O3. The molecule has 1 aliphatic rings. The smallest absolute Gasteiger partial charge is 0.338 e. The molecule has 1 heterocycles. The highest BCUT2D eigenvalue weighted by molar-refractivity contribution is 5.95. The Morgan fingerprint density at radius 3 is 2.32 bits per heavy atom. The average molecular weight is 379 g/mol. The van der Waals surface area contributed by atoms with Gasteiger partial charge in [0.2, 0.25) is 0 Å². The van der Waals surface area contributed by atoms with Crippen molar-refractivity contribution in [1.82, 2.24) is 15.5 Å². The van der Waals surface area contributed by atoms with E-state index < -0.39 is 12.0 Å². The van der Waals surface area contributed by atoms with E-state index in [0.29, 0.717) is 24.4 Å². The molecule has 0 radical (unpaired) electrons. The SMILES string of the molecule is CCOC(=O)C1=C(CN(C)Cc2ccccc2)NC(=O)NC1c1ccccc1. The van der Waals surface area contributed by atoms with Gasteiger partial charge in [-0.3, -0.25) is 4.90 Å². The normalized spacial score (nSPS) is 16.5. The number of nitrogens with one attached hydrogen (secondary N) is 2. The van der Waals surface area contributed by atoms with Crippen molar-refractivity contribution in [3.8, 4) is 0 Å². The van der Waals surface area contributed by atoms with Crippen molar-refractivity contribution in [2.75, 3.05) is 20.2 Å². The van der Waals surface area contributed by atoms with Crippen LogP contribution in [0.2, 0.25) is 0 Å². The molecule has 0 saturated heterocycles. The van der Waals surface area contributed by atoms with Crippen molar-refractivity contribution < 1.29 is 14.3 Å². The van der Waals surface area contributed by atoms with Gasteiger partial charge in [-0.2, -0.15) is 0 Å². The Balaban J connectivity index is 1.91. The van der Waals surface area contributed by atoms with Gasteiger partial charge in [0, 0.05) is 18.8 Å². The van der Waals surface area contributed by atoms with Crippen LogP contribution in [0.15, 0.2) is 71.9 Å². The zero-order chi connectivity index (χ0) is 19.9. The summed E-state index contributed by atoms with van der Waals surface area (Å²) in [6.07, 6.45) is 0. The first-order valence-corrected chi connectivity index (χ1v) is 9.33. The van der Waals surface area contributed by atoms with Gasteiger partial charge in [-0.15, -0.1) is 0 Å². The van der Waals surface area contributed by atoms with Crippen LogP contribution in [-0.4, -0.2) is 37.1 Å². The lowest BCUT2D eigenvalue weighted by Gasteiger charge is -2.31. The van der Waals surface area contributed by atoms with Crippen molar-refractivity contribution in [1.29, 1.82) is 0 Å². The minimum Gasteiger partial charge on any atom is -0.463 e. The second kappa shape index (κ2) is 9.19. The third-order valence-electron chi connectivity index (χ3n) is 4.51. The highest BCUT2D eigenvalue weighted by atomic mass is 16.5. The van der Waals surface area contributed by atoms with Gasteiger partial charge in [0.1, 0.15) is 0 Å². The Morgan fingerprint density at radius 1 is 1.04 bits per heavy atom. The van der Waals surface area contributed by atoms with Crippen molar-refractivity contribution in [3.05, 3.63) is 83.1 Å². The fourth-order valence-electron chi connectivity index (χ4n) is 3.31. The van der Waals surface area contributed by atoms with Crippen LogP contribution in [0.25, 0.3) is 0 Å². The van der Waals surface area contributed by atoms with Crippen LogP contribution in [0.5, 0.6) is 0 Å². The van der Waals surface area contributed by atoms with E-state index in [0.717, 1.165) is 11.1 Å². The van der Waals surface area contributed by atoms with Gasteiger partial charge in [0.05, 0.1) is 18.2 Å². The molecule has 0 spiro atoms. The molecule has 28 heavy (non-hydrogen) atoms. The maximum Gasteiger partial charge on any atom is 0.338 e. The van der Waals surface area contributed by atoms with E-state index in [1.807, 2.05) is 67.7 Å². The van der Waals surface area contributed by atoms with Crippen LogP contribution >= 0.6 is 0 Å². The molecule has 6 heteroatoms. The minimum atomic E-state index is -0.547. The summed E-state index contributed by atoms with van der Waals surface area (Å²) in [6.45, 7) is 3.15. The molecule has 3 rings (SSSR count). The van der Waals surface area contributed by atoms with Crippen LogP contribution < -0.4 is 10.6 Å². The predicted molar refractivity (Wildman–Crippen MR) is 107 cm³/mol. The lowest BCUT2D eigenvalue weighted by molar-refractivity contribution is -0.139. The van der Waals surface area contributed by atoms with Gasteiger partial charge < -0.3 is 15.4 Å². The number of rotatable bonds is 7. The van der Waals surface area contributed by atoms with E-state index in [1.54, 1.807) is 6.92 Å². The number of ether oxygens (including phenoxy) is 1. The fourth-order valence-corrected chi connectivity index (χ4v) is 3.31. The van der Waals surface area contributed by atoms with E-state index in [9.17, 15) is 9.59 Å². The molecule has 2 N–H and O–H groups in total. The molecule has 2 amide bonds. The molecule has 2 aromatic rings. The summed E-state index contributed by atoms with van der Waals surface area (Å²) in [7, 11) is 1.95. The number of likely N-dealkylation sites (N-methyl/N-ethyl adjacent to an activating group) is 1. The molecule has 146 valence electrons. The Labute approximate surface area is 165 Å². The molecular weight excluding hydrogens is 354 g/mol. The molecule has 0 fully saturated rings. The van der Waals surface area contributed by atoms with E-state index in [2.05, 4.69) is 15.5 Å². The third kappa shape index (κ3) is 4.78. The van der Waals surface area contributed by atoms with E-state index >= 15 is 0 Å². The fraction of sp³-hybridized carbons (Fsp3) is 0.273. The van der Waals surface area contributed by atoms with Crippen LogP contribution in [0.1, 0.15) is 24.1 Å². The number of hydrogen-bond donors (Lipinski definition) is 2. The van der Waals surface area contributed by atoms with E-state index in [4.69, 9.17) is 4.74 Å². The topological polar surface area (TPSA) is 70.7 Å². The predicted octanol–water partition coefficient (Wildman–Crippen LogP) is 2.99. The van der Waals surface area contributed by atoms with Crippen molar-refractivity contribution in [2.24, 2.45) is 0 Å². The number of hydrogen-bond acceptors (Lipinski definition) is 4. The number of amides is 2. The number of carbonyl (C=O) groups excluding carboxylic acids is 2. The lowest BCUT2D eigenvalue weighted by atomic mass is 9.95. The van der Waals surface area contributed by atoms with Crippen LogP contribution in [0.4, 0.5) is 4.79 Å². The molecule has 1 aliphatic heterocycles. The van der Waals surface area contributed by atoms with Crippen LogP contribution in [-0.2, 0) is 16.1 Å². The molecule has 0 aromatic heterocycles. The molecule has 0 bridgehead atoms. The number of carbonyl (C=O) groups is 2. The first-order chi connectivity index (χ1) is 13.6. The number of nitrogens with zero attached hydrogens (tertiary/aromatic N) is 1. The van der Waals surface area contributed by atoms with E-state index in [1.165, 1.54) is 0 Å². The zero-order valence-corrected chi connectivity index (χ0v) is 16.1. The number of esters is 1. The molecule has 2 aromatic carbocycles. The quantitative estimate of drug-likeness (QED) is 0.726. The second-order valence-corrected chi connectivity index (χ2v) is 6.71. The Morgan fingerprint density at radius 2 is 1.68 bits per heavy atom. The Kier molecular flexibility index (Phi) is 6.45. The molecule has 0 aliphatic carbocycles. The van der Waals surface area contributed by atoms with Crippen LogP contribution in [0.3, 0.4) is 0 Å². The minimum absolute atomic E-state index is 0.269. The number of benzene rings is 2. The molecule has 0 saturated carbocycles. The molecule has 6 nitrogen and oxygen atoms in total. The Hall–Kier alpha value is -3.12. The third-order valence-corrected chi connectivity index (χ3v) is 4.51. The van der Waals surface area contributed by atoms with Gasteiger partial charge in [-0.1, -0.05) is 60.7 Å². The standard InChI is InChI=1S/C22H25N3O3/c1-3-28-21(26)19-18(15-25(2)14-16-10-6-4-7-11-16)23-22(27)24-20(19)17-12-8-5-9-13-17/h4-13,20H,3,14-15H2,1-2H3,(H2,23,24,27). The summed E-state index contributed by atoms with van der Waals surface area (Å²) in [5.74, 6) is -0.424. The monoisotopic (exact) mass is 379 g/mol. The maximum absolute atomic E-state index is 12.7. The first kappa shape index (κ1) is 19.6. The van der Waals surface area contributed by atoms with Gasteiger partial charge in [-0.25, -0.2) is 9.59 Å². The average Bonchev–Trinajstić information content (AvgIpc) is 2.69. The van der Waals surface area contributed by atoms with Crippen molar-refractivity contribution in [2.45, 2.75) is 19.5 Å².